The van der Waals surface area contributed by atoms with E-state index in [-0.39, 0.29) is 39.5 Å². The maximum absolute atomic E-state index is 14.6. The van der Waals surface area contributed by atoms with Crippen LogP contribution in [0.1, 0.15) is 31.9 Å². The fourth-order valence-corrected chi connectivity index (χ4v) is 6.79. The van der Waals surface area contributed by atoms with Gasteiger partial charge in [-0.05, 0) is 68.3 Å². The summed E-state index contributed by atoms with van der Waals surface area (Å²) in [5.74, 6) is -0.433. The molecule has 4 aromatic rings. The van der Waals surface area contributed by atoms with E-state index in [0.29, 0.717) is 11.3 Å². The van der Waals surface area contributed by atoms with Crippen molar-refractivity contribution in [1.29, 1.82) is 0 Å². The van der Waals surface area contributed by atoms with E-state index in [4.69, 9.17) is 27.9 Å². The molecule has 0 saturated heterocycles. The summed E-state index contributed by atoms with van der Waals surface area (Å²) >= 11 is 12.9. The molecule has 2 amide bonds. The van der Waals surface area contributed by atoms with Crippen LogP contribution in [0.2, 0.25) is 10.0 Å². The van der Waals surface area contributed by atoms with Crippen molar-refractivity contribution in [2.45, 2.75) is 50.2 Å². The molecule has 1 unspecified atom stereocenters. The molecule has 0 fully saturated rings. The number of ether oxygens (including phenoxy) is 1. The van der Waals surface area contributed by atoms with Crippen LogP contribution in [0.5, 0.6) is 5.75 Å². The summed E-state index contributed by atoms with van der Waals surface area (Å²) in [6.45, 7) is 4.90. The number of carbonyl (C=O) groups is 2. The lowest BCUT2D eigenvalue weighted by molar-refractivity contribution is -0.140. The van der Waals surface area contributed by atoms with Crippen molar-refractivity contribution in [3.8, 4) is 5.75 Å². The van der Waals surface area contributed by atoms with Gasteiger partial charge in [0, 0.05) is 18.5 Å². The fourth-order valence-electron chi connectivity index (χ4n) is 4.89. The Morgan fingerprint density at radius 2 is 1.46 bits per heavy atom. The molecule has 0 heterocycles. The smallest absolute Gasteiger partial charge is 0.264 e. The molecule has 0 aliphatic heterocycles. The molecule has 0 aliphatic carbocycles. The Hall–Kier alpha value is -4.05. The van der Waals surface area contributed by atoms with E-state index < -0.39 is 34.1 Å². The Morgan fingerprint density at radius 1 is 0.848 bits per heavy atom. The number of methoxy groups -OCH3 is 1. The third-order valence-corrected chi connectivity index (χ3v) is 9.65. The zero-order valence-electron chi connectivity index (χ0n) is 26.1. The third-order valence-electron chi connectivity index (χ3n) is 7.07. The quantitative estimate of drug-likeness (QED) is 0.178. The van der Waals surface area contributed by atoms with E-state index in [2.05, 4.69) is 5.32 Å². The van der Waals surface area contributed by atoms with Crippen LogP contribution in [-0.4, -0.2) is 50.4 Å². The van der Waals surface area contributed by atoms with Gasteiger partial charge in [-0.1, -0.05) is 89.9 Å². The van der Waals surface area contributed by atoms with Crippen molar-refractivity contribution in [2.75, 3.05) is 18.0 Å². The van der Waals surface area contributed by atoms with Crippen LogP contribution >= 0.6 is 23.2 Å². The first-order valence-corrected chi connectivity index (χ1v) is 16.8. The number of hydrogen-bond donors (Lipinski definition) is 1. The molecule has 4 aromatic carbocycles. The number of amides is 2. The van der Waals surface area contributed by atoms with Gasteiger partial charge in [-0.2, -0.15) is 0 Å². The maximum Gasteiger partial charge on any atom is 0.264 e. The zero-order valence-corrected chi connectivity index (χ0v) is 28.4. The number of hydrogen-bond acceptors (Lipinski definition) is 5. The second-order valence-corrected chi connectivity index (χ2v) is 14.4. The van der Waals surface area contributed by atoms with Crippen molar-refractivity contribution in [3.63, 3.8) is 0 Å². The number of benzene rings is 4. The first kappa shape index (κ1) is 34.8. The van der Waals surface area contributed by atoms with Crippen molar-refractivity contribution in [1.82, 2.24) is 10.2 Å². The first-order valence-electron chi connectivity index (χ1n) is 14.6. The van der Waals surface area contributed by atoms with Gasteiger partial charge in [0.25, 0.3) is 10.0 Å². The minimum Gasteiger partial charge on any atom is -0.497 e. The lowest BCUT2D eigenvalue weighted by atomic mass is 10.0. The molecule has 11 heteroatoms. The van der Waals surface area contributed by atoms with E-state index in [1.165, 1.54) is 36.3 Å². The van der Waals surface area contributed by atoms with Crippen molar-refractivity contribution >= 4 is 50.7 Å². The van der Waals surface area contributed by atoms with E-state index in [9.17, 15) is 18.0 Å². The fraction of sp³-hybridized carbons (Fsp3) is 0.257. The summed E-state index contributed by atoms with van der Waals surface area (Å²) in [6.07, 6.45) is 0.182. The number of nitrogens with zero attached hydrogens (tertiary/aromatic N) is 2. The average molecular weight is 683 g/mol. The van der Waals surface area contributed by atoms with Crippen LogP contribution in [0.15, 0.2) is 108 Å². The highest BCUT2D eigenvalue weighted by Crippen LogP contribution is 2.35. The van der Waals surface area contributed by atoms with Gasteiger partial charge in [0.2, 0.25) is 11.8 Å². The van der Waals surface area contributed by atoms with Crippen LogP contribution in [0, 0.1) is 0 Å². The summed E-state index contributed by atoms with van der Waals surface area (Å²) < 4.78 is 34.6. The van der Waals surface area contributed by atoms with E-state index in [1.807, 2.05) is 57.2 Å². The number of halogens is 2. The lowest BCUT2D eigenvalue weighted by Gasteiger charge is -2.35. The van der Waals surface area contributed by atoms with Crippen molar-refractivity contribution < 1.29 is 22.7 Å². The third kappa shape index (κ3) is 8.81. The highest BCUT2D eigenvalue weighted by molar-refractivity contribution is 7.92. The zero-order chi connectivity index (χ0) is 33.5. The first-order chi connectivity index (χ1) is 21.8. The normalized spacial score (nSPS) is 12.2. The van der Waals surface area contributed by atoms with E-state index >= 15 is 0 Å². The van der Waals surface area contributed by atoms with Gasteiger partial charge in [0.15, 0.2) is 0 Å². The van der Waals surface area contributed by atoms with Gasteiger partial charge >= 0.3 is 0 Å². The predicted octanol–water partition coefficient (Wildman–Crippen LogP) is 6.75. The number of rotatable bonds is 12. The second-order valence-electron chi connectivity index (χ2n) is 11.7. The molecule has 0 aromatic heterocycles. The van der Waals surface area contributed by atoms with E-state index in [0.717, 1.165) is 9.87 Å². The van der Waals surface area contributed by atoms with Crippen molar-refractivity contribution in [3.05, 3.63) is 124 Å². The number of carbonyl (C=O) groups excluding carboxylic acids is 2. The van der Waals surface area contributed by atoms with Gasteiger partial charge in [0.05, 0.1) is 27.7 Å². The van der Waals surface area contributed by atoms with Gasteiger partial charge in [-0.3, -0.25) is 13.9 Å². The average Bonchev–Trinajstić information content (AvgIpc) is 3.03. The number of anilines is 1. The molecule has 0 aliphatic rings. The van der Waals surface area contributed by atoms with Crippen LogP contribution in [0.3, 0.4) is 0 Å². The largest absolute Gasteiger partial charge is 0.497 e. The number of nitrogens with one attached hydrogen (secondary N) is 1. The van der Waals surface area contributed by atoms with Gasteiger partial charge in [-0.15, -0.1) is 0 Å². The van der Waals surface area contributed by atoms with Crippen LogP contribution in [-0.2, 0) is 32.6 Å². The molecule has 1 N–H and O–H groups in total. The number of sulfonamides is 1. The summed E-state index contributed by atoms with van der Waals surface area (Å²) in [5, 5.41) is 3.11. The Labute approximate surface area is 280 Å². The molecule has 0 saturated carbocycles. The summed E-state index contributed by atoms with van der Waals surface area (Å²) in [4.78, 5) is 30.0. The van der Waals surface area contributed by atoms with Crippen molar-refractivity contribution in [2.24, 2.45) is 0 Å². The summed E-state index contributed by atoms with van der Waals surface area (Å²) in [5.41, 5.74) is 0.943. The van der Waals surface area contributed by atoms with Gasteiger partial charge in [-0.25, -0.2) is 8.42 Å². The predicted molar refractivity (Wildman–Crippen MR) is 183 cm³/mol. The van der Waals surface area contributed by atoms with Crippen LogP contribution in [0.4, 0.5) is 5.69 Å². The molecule has 0 spiro atoms. The molecule has 4 rings (SSSR count). The Morgan fingerprint density at radius 3 is 2.09 bits per heavy atom. The SMILES string of the molecule is COc1cccc(CN(C(=O)CN(c2cccc(Cl)c2Cl)S(=O)(=O)c2ccccc2)C(Cc2ccccc2)C(=O)NC(C)(C)C)c1. The molecular weight excluding hydrogens is 645 g/mol. The highest BCUT2D eigenvalue weighted by atomic mass is 35.5. The Balaban J connectivity index is 1.85. The molecule has 242 valence electrons. The van der Waals surface area contributed by atoms with Crippen LogP contribution < -0.4 is 14.4 Å². The van der Waals surface area contributed by atoms with Gasteiger partial charge in [0.1, 0.15) is 18.3 Å². The minimum atomic E-state index is -4.32. The molecular formula is C35H37Cl2N3O5S. The monoisotopic (exact) mass is 681 g/mol. The Bertz CT molecular complexity index is 1760. The molecule has 0 bridgehead atoms. The molecule has 46 heavy (non-hydrogen) atoms. The highest BCUT2D eigenvalue weighted by Gasteiger charge is 2.36. The Kier molecular flexibility index (Phi) is 11.4. The van der Waals surface area contributed by atoms with Gasteiger partial charge < -0.3 is 15.0 Å². The summed E-state index contributed by atoms with van der Waals surface area (Å²) in [7, 11) is -2.78. The molecule has 0 radical (unpaired) electrons. The second kappa shape index (κ2) is 15.0. The van der Waals surface area contributed by atoms with Crippen LogP contribution in [0.25, 0.3) is 0 Å². The minimum absolute atomic E-state index is 0.00635. The topological polar surface area (TPSA) is 96.0 Å². The molecule has 1 atom stereocenters. The van der Waals surface area contributed by atoms with E-state index in [1.54, 1.807) is 42.5 Å². The lowest BCUT2D eigenvalue weighted by Crippen LogP contribution is -2.56. The maximum atomic E-state index is 14.6. The molecule has 8 nitrogen and oxygen atoms in total. The summed E-state index contributed by atoms with van der Waals surface area (Å²) in [6, 6.07) is 27.8. The standard InChI is InChI=1S/C35H37Cl2N3O5S/c1-35(2,3)38-34(42)31(22-25-13-7-5-8-14-25)39(23-26-15-11-16-27(21-26)45-4)32(41)24-40(30-20-12-19-29(36)33(30)37)46(43,44)28-17-9-6-10-18-28/h5-21,31H,22-24H2,1-4H3,(H,38,42).